The van der Waals surface area contributed by atoms with Gasteiger partial charge in [0.1, 0.15) is 18.2 Å². The maximum absolute atomic E-state index is 15.2. The van der Waals surface area contributed by atoms with E-state index < -0.39 is 12.0 Å². The van der Waals surface area contributed by atoms with Crippen LogP contribution in [0.15, 0.2) is 60.7 Å². The molecule has 6 heteroatoms. The van der Waals surface area contributed by atoms with Crippen LogP contribution < -0.4 is 10.5 Å². The molecular weight excluding hydrogens is 409 g/mol. The largest absolute Gasteiger partial charge is 0.489 e. The SMILES string of the molecule is COCCc1cc(COc2ccccc2CC(=O)O)cc(-c2cccc(C(C)N)c2F)c1. The van der Waals surface area contributed by atoms with Crippen molar-refractivity contribution in [3.63, 3.8) is 0 Å². The van der Waals surface area contributed by atoms with Crippen LogP contribution in [0, 0.1) is 5.82 Å². The summed E-state index contributed by atoms with van der Waals surface area (Å²) in [4.78, 5) is 11.1. The van der Waals surface area contributed by atoms with E-state index >= 15 is 4.39 Å². The molecule has 3 aromatic rings. The molecule has 3 rings (SSSR count). The highest BCUT2D eigenvalue weighted by Gasteiger charge is 2.15. The van der Waals surface area contributed by atoms with E-state index in [9.17, 15) is 4.79 Å². The molecule has 0 aromatic heterocycles. The minimum atomic E-state index is -0.922. The molecule has 3 aromatic carbocycles. The Morgan fingerprint density at radius 1 is 1.09 bits per heavy atom. The summed E-state index contributed by atoms with van der Waals surface area (Å²) in [5.41, 5.74) is 10.1. The van der Waals surface area contributed by atoms with Gasteiger partial charge in [-0.3, -0.25) is 4.79 Å². The van der Waals surface area contributed by atoms with Crippen LogP contribution in [0.25, 0.3) is 11.1 Å². The average molecular weight is 438 g/mol. The first kappa shape index (κ1) is 23.4. The normalized spacial score (nSPS) is 11.9. The van der Waals surface area contributed by atoms with Gasteiger partial charge in [0.05, 0.1) is 13.0 Å². The third-order valence-electron chi connectivity index (χ3n) is 5.19. The molecule has 168 valence electrons. The number of rotatable bonds is 10. The summed E-state index contributed by atoms with van der Waals surface area (Å²) in [6.07, 6.45) is 0.548. The predicted molar refractivity (Wildman–Crippen MR) is 122 cm³/mol. The fraction of sp³-hybridized carbons (Fsp3) is 0.269. The van der Waals surface area contributed by atoms with Crippen molar-refractivity contribution in [1.82, 2.24) is 0 Å². The van der Waals surface area contributed by atoms with Crippen LogP contribution in [0.3, 0.4) is 0 Å². The number of ether oxygens (including phenoxy) is 2. The number of carboxylic acid groups (broad SMARTS) is 1. The highest BCUT2D eigenvalue weighted by atomic mass is 19.1. The van der Waals surface area contributed by atoms with Crippen molar-refractivity contribution >= 4 is 5.97 Å². The number of carbonyl (C=O) groups is 1. The van der Waals surface area contributed by atoms with Crippen LogP contribution in [0.4, 0.5) is 4.39 Å². The Labute approximate surface area is 187 Å². The van der Waals surface area contributed by atoms with Gasteiger partial charge in [0.2, 0.25) is 0 Å². The van der Waals surface area contributed by atoms with Crippen LogP contribution in [-0.2, 0) is 29.0 Å². The summed E-state index contributed by atoms with van der Waals surface area (Å²) in [6, 6.07) is 17.7. The third kappa shape index (κ3) is 5.93. The standard InChI is InChI=1S/C26H28FNO4/c1-17(28)22-7-5-8-23(26(22)27)21-13-18(10-11-31-2)12-19(14-21)16-32-24-9-4-3-6-20(24)15-25(29)30/h3-9,12-14,17H,10-11,15-16,28H2,1-2H3,(H,29,30). The zero-order valence-electron chi connectivity index (χ0n) is 18.3. The molecule has 5 nitrogen and oxygen atoms in total. The summed E-state index contributed by atoms with van der Waals surface area (Å²) in [5, 5.41) is 9.13. The molecule has 0 radical (unpaired) electrons. The summed E-state index contributed by atoms with van der Waals surface area (Å²) in [7, 11) is 1.64. The molecule has 3 N–H and O–H groups in total. The molecular formula is C26H28FNO4. The van der Waals surface area contributed by atoms with Gasteiger partial charge in [-0.1, -0.05) is 48.5 Å². The lowest BCUT2D eigenvalue weighted by molar-refractivity contribution is -0.136. The van der Waals surface area contributed by atoms with Crippen molar-refractivity contribution < 1.29 is 23.8 Å². The van der Waals surface area contributed by atoms with Gasteiger partial charge in [-0.2, -0.15) is 0 Å². The maximum Gasteiger partial charge on any atom is 0.307 e. The van der Waals surface area contributed by atoms with E-state index in [4.69, 9.17) is 20.3 Å². The highest BCUT2D eigenvalue weighted by Crippen LogP contribution is 2.30. The van der Waals surface area contributed by atoms with Crippen LogP contribution >= 0.6 is 0 Å². The van der Waals surface area contributed by atoms with E-state index in [2.05, 4.69) is 0 Å². The van der Waals surface area contributed by atoms with Gasteiger partial charge >= 0.3 is 5.97 Å². The number of halogens is 1. The second-order valence-electron chi connectivity index (χ2n) is 7.75. The van der Waals surface area contributed by atoms with Crippen molar-refractivity contribution in [2.75, 3.05) is 13.7 Å². The van der Waals surface area contributed by atoms with Crippen LogP contribution in [0.5, 0.6) is 5.75 Å². The van der Waals surface area contributed by atoms with Crippen molar-refractivity contribution in [1.29, 1.82) is 0 Å². The summed E-state index contributed by atoms with van der Waals surface area (Å²) < 4.78 is 26.3. The first-order valence-corrected chi connectivity index (χ1v) is 10.5. The monoisotopic (exact) mass is 437 g/mol. The van der Waals surface area contributed by atoms with Gasteiger partial charge in [-0.05, 0) is 42.2 Å². The zero-order chi connectivity index (χ0) is 23.1. The Hall–Kier alpha value is -3.22. The van der Waals surface area contributed by atoms with Crippen LogP contribution in [-0.4, -0.2) is 24.8 Å². The Bertz CT molecular complexity index is 1080. The van der Waals surface area contributed by atoms with E-state index in [1.807, 2.05) is 18.2 Å². The minimum absolute atomic E-state index is 0.120. The lowest BCUT2D eigenvalue weighted by Crippen LogP contribution is -2.08. The number of hydrogen-bond donors (Lipinski definition) is 2. The number of methoxy groups -OCH3 is 1. The minimum Gasteiger partial charge on any atom is -0.489 e. The molecule has 0 bridgehead atoms. The smallest absolute Gasteiger partial charge is 0.307 e. The van der Waals surface area contributed by atoms with Crippen LogP contribution in [0.1, 0.15) is 35.2 Å². The number of carboxylic acids is 1. The molecule has 1 atom stereocenters. The topological polar surface area (TPSA) is 81.8 Å². The zero-order valence-corrected chi connectivity index (χ0v) is 18.3. The number of nitrogens with two attached hydrogens (primary N) is 1. The van der Waals surface area contributed by atoms with Gasteiger partial charge in [-0.25, -0.2) is 4.39 Å². The van der Waals surface area contributed by atoms with Gasteiger partial charge < -0.3 is 20.3 Å². The summed E-state index contributed by atoms with van der Waals surface area (Å²) >= 11 is 0. The Morgan fingerprint density at radius 2 is 1.84 bits per heavy atom. The number of benzene rings is 3. The predicted octanol–water partition coefficient (Wildman–Crippen LogP) is 4.91. The Balaban J connectivity index is 1.94. The summed E-state index contributed by atoms with van der Waals surface area (Å²) in [5.74, 6) is -0.733. The molecule has 0 amide bonds. The fourth-order valence-electron chi connectivity index (χ4n) is 3.60. The number of hydrogen-bond acceptors (Lipinski definition) is 4. The van der Waals surface area contributed by atoms with Crippen molar-refractivity contribution in [2.45, 2.75) is 32.4 Å². The third-order valence-corrected chi connectivity index (χ3v) is 5.19. The fourth-order valence-corrected chi connectivity index (χ4v) is 3.60. The van der Waals surface area contributed by atoms with E-state index in [0.717, 1.165) is 16.7 Å². The average Bonchev–Trinajstić information content (AvgIpc) is 2.76. The van der Waals surface area contributed by atoms with Gasteiger partial charge in [0.15, 0.2) is 0 Å². The lowest BCUT2D eigenvalue weighted by Gasteiger charge is -2.15. The molecule has 0 aliphatic rings. The second kappa shape index (κ2) is 10.9. The molecule has 1 unspecified atom stereocenters. The van der Waals surface area contributed by atoms with Gasteiger partial charge in [0.25, 0.3) is 0 Å². The van der Waals surface area contributed by atoms with E-state index in [-0.39, 0.29) is 18.8 Å². The van der Waals surface area contributed by atoms with Gasteiger partial charge in [-0.15, -0.1) is 0 Å². The van der Waals surface area contributed by atoms with Crippen molar-refractivity contribution in [2.24, 2.45) is 5.73 Å². The molecule has 0 aliphatic heterocycles. The molecule has 0 fully saturated rings. The maximum atomic E-state index is 15.2. The Kier molecular flexibility index (Phi) is 7.98. The van der Waals surface area contributed by atoms with Crippen LogP contribution in [0.2, 0.25) is 0 Å². The summed E-state index contributed by atoms with van der Waals surface area (Å²) in [6.45, 7) is 2.51. The number of para-hydroxylation sites is 1. The quantitative estimate of drug-likeness (QED) is 0.471. The molecule has 0 saturated carbocycles. The van der Waals surface area contributed by atoms with E-state index in [1.54, 1.807) is 56.5 Å². The lowest BCUT2D eigenvalue weighted by atomic mass is 9.95. The molecule has 32 heavy (non-hydrogen) atoms. The molecule has 0 spiro atoms. The second-order valence-corrected chi connectivity index (χ2v) is 7.75. The van der Waals surface area contributed by atoms with Crippen molar-refractivity contribution in [3.8, 4) is 16.9 Å². The molecule has 0 heterocycles. The first-order valence-electron chi connectivity index (χ1n) is 10.5. The highest BCUT2D eigenvalue weighted by molar-refractivity contribution is 5.71. The Morgan fingerprint density at radius 3 is 2.56 bits per heavy atom. The first-order chi connectivity index (χ1) is 15.4. The van der Waals surface area contributed by atoms with E-state index in [1.165, 1.54) is 0 Å². The molecule has 0 aliphatic carbocycles. The van der Waals surface area contributed by atoms with Gasteiger partial charge in [0, 0.05) is 29.8 Å². The van der Waals surface area contributed by atoms with E-state index in [0.29, 0.717) is 35.5 Å². The van der Waals surface area contributed by atoms with Crippen molar-refractivity contribution in [3.05, 3.63) is 88.7 Å². The number of aliphatic carboxylic acids is 1. The molecule has 0 saturated heterocycles.